The first-order valence-corrected chi connectivity index (χ1v) is 5.70. The number of amides is 1. The third-order valence-corrected chi connectivity index (χ3v) is 2.74. The van der Waals surface area contributed by atoms with Gasteiger partial charge in [0.2, 0.25) is 5.91 Å². The molecule has 88 valence electrons. The molecule has 16 heavy (non-hydrogen) atoms. The van der Waals surface area contributed by atoms with E-state index in [2.05, 4.69) is 15.3 Å². The maximum absolute atomic E-state index is 11.6. The van der Waals surface area contributed by atoms with Gasteiger partial charge in [0.15, 0.2) is 0 Å². The molecule has 1 fully saturated rings. The van der Waals surface area contributed by atoms with Crippen LogP contribution in [0.2, 0.25) is 0 Å². The molecule has 5 nitrogen and oxygen atoms in total. The van der Waals surface area contributed by atoms with Crippen LogP contribution in [0.4, 0.5) is 0 Å². The van der Waals surface area contributed by atoms with Gasteiger partial charge in [-0.15, -0.1) is 0 Å². The van der Waals surface area contributed by atoms with Gasteiger partial charge in [-0.3, -0.25) is 4.79 Å². The number of nitrogens with one attached hydrogen (secondary N) is 2. The summed E-state index contributed by atoms with van der Waals surface area (Å²) in [5, 5.41) is 2.93. The van der Waals surface area contributed by atoms with Crippen molar-refractivity contribution < 1.29 is 9.53 Å². The van der Waals surface area contributed by atoms with E-state index in [-0.39, 0.29) is 11.8 Å². The highest BCUT2D eigenvalue weighted by Crippen LogP contribution is 2.11. The summed E-state index contributed by atoms with van der Waals surface area (Å²) in [7, 11) is 0. The highest BCUT2D eigenvalue weighted by molar-refractivity contribution is 5.78. The smallest absolute Gasteiger partial charge is 0.225 e. The van der Waals surface area contributed by atoms with Gasteiger partial charge in [0, 0.05) is 32.0 Å². The summed E-state index contributed by atoms with van der Waals surface area (Å²) in [6.45, 7) is 1.99. The van der Waals surface area contributed by atoms with Crippen molar-refractivity contribution in [2.24, 2.45) is 5.92 Å². The molecule has 0 saturated carbocycles. The second-order valence-electron chi connectivity index (χ2n) is 3.99. The molecule has 2 rings (SSSR count). The Morgan fingerprint density at radius 3 is 3.31 bits per heavy atom. The van der Waals surface area contributed by atoms with E-state index in [0.717, 1.165) is 25.1 Å². The van der Waals surface area contributed by atoms with E-state index in [9.17, 15) is 4.79 Å². The Bertz CT molecular complexity index is 318. The minimum atomic E-state index is 0.0589. The first-order chi connectivity index (χ1) is 7.86. The average molecular weight is 223 g/mol. The average Bonchev–Trinajstić information content (AvgIpc) is 2.96. The molecule has 2 heterocycles. The van der Waals surface area contributed by atoms with Crippen molar-refractivity contribution in [1.29, 1.82) is 0 Å². The van der Waals surface area contributed by atoms with Gasteiger partial charge in [0.25, 0.3) is 0 Å². The van der Waals surface area contributed by atoms with Crippen LogP contribution >= 0.6 is 0 Å². The molecule has 0 spiro atoms. The van der Waals surface area contributed by atoms with Crippen LogP contribution in [0, 0.1) is 5.92 Å². The third kappa shape index (κ3) is 3.06. The Labute approximate surface area is 94.6 Å². The minimum absolute atomic E-state index is 0.0589. The number of H-pyrrole nitrogens is 1. The maximum Gasteiger partial charge on any atom is 0.225 e. The predicted octanol–water partition coefficient (Wildman–Crippen LogP) is 0.495. The second kappa shape index (κ2) is 5.65. The number of carbonyl (C=O) groups is 1. The zero-order chi connectivity index (χ0) is 11.2. The molecule has 0 bridgehead atoms. The summed E-state index contributed by atoms with van der Waals surface area (Å²) >= 11 is 0. The summed E-state index contributed by atoms with van der Waals surface area (Å²) in [6, 6.07) is 0. The van der Waals surface area contributed by atoms with Crippen molar-refractivity contribution >= 4 is 5.91 Å². The Morgan fingerprint density at radius 1 is 1.69 bits per heavy atom. The van der Waals surface area contributed by atoms with E-state index in [1.165, 1.54) is 0 Å². The lowest BCUT2D eigenvalue weighted by Crippen LogP contribution is -2.31. The predicted molar refractivity (Wildman–Crippen MR) is 58.8 cm³/mol. The molecule has 0 aromatic carbocycles. The first-order valence-electron chi connectivity index (χ1n) is 5.70. The Kier molecular flexibility index (Phi) is 3.93. The van der Waals surface area contributed by atoms with E-state index >= 15 is 0 Å². The number of ether oxygens (including phenoxy) is 1. The standard InChI is InChI=1S/C11H17N3O2/c15-11(9-3-7-16-8-9)14-4-1-2-10-12-5-6-13-10/h5-6,9H,1-4,7-8H2,(H,12,13)(H,14,15). The molecular weight excluding hydrogens is 206 g/mol. The molecule has 1 aliphatic rings. The molecule has 1 saturated heterocycles. The molecule has 0 aliphatic carbocycles. The highest BCUT2D eigenvalue weighted by atomic mass is 16.5. The van der Waals surface area contributed by atoms with E-state index < -0.39 is 0 Å². The molecule has 1 unspecified atom stereocenters. The molecule has 1 aromatic heterocycles. The number of aromatic nitrogens is 2. The van der Waals surface area contributed by atoms with Gasteiger partial charge in [-0.1, -0.05) is 0 Å². The monoisotopic (exact) mass is 223 g/mol. The quantitative estimate of drug-likeness (QED) is 0.714. The molecule has 1 amide bonds. The van der Waals surface area contributed by atoms with Gasteiger partial charge in [0.1, 0.15) is 5.82 Å². The van der Waals surface area contributed by atoms with Crippen LogP contribution in [0.15, 0.2) is 12.4 Å². The van der Waals surface area contributed by atoms with E-state index in [0.29, 0.717) is 19.8 Å². The van der Waals surface area contributed by atoms with Gasteiger partial charge < -0.3 is 15.0 Å². The van der Waals surface area contributed by atoms with Crippen LogP contribution in [0.3, 0.4) is 0 Å². The van der Waals surface area contributed by atoms with Crippen molar-refractivity contribution in [3.63, 3.8) is 0 Å². The van der Waals surface area contributed by atoms with E-state index in [4.69, 9.17) is 4.74 Å². The van der Waals surface area contributed by atoms with Gasteiger partial charge in [-0.05, 0) is 12.8 Å². The summed E-state index contributed by atoms with van der Waals surface area (Å²) in [5.74, 6) is 1.15. The number of rotatable bonds is 5. The van der Waals surface area contributed by atoms with Crippen molar-refractivity contribution in [3.8, 4) is 0 Å². The number of imidazole rings is 1. The largest absolute Gasteiger partial charge is 0.381 e. The van der Waals surface area contributed by atoms with Crippen molar-refractivity contribution in [1.82, 2.24) is 15.3 Å². The summed E-state index contributed by atoms with van der Waals surface area (Å²) in [5.41, 5.74) is 0. The summed E-state index contributed by atoms with van der Waals surface area (Å²) in [6.07, 6.45) is 6.18. The van der Waals surface area contributed by atoms with Gasteiger partial charge in [-0.25, -0.2) is 4.98 Å². The third-order valence-electron chi connectivity index (χ3n) is 2.74. The van der Waals surface area contributed by atoms with Gasteiger partial charge >= 0.3 is 0 Å². The summed E-state index contributed by atoms with van der Waals surface area (Å²) in [4.78, 5) is 18.8. The highest BCUT2D eigenvalue weighted by Gasteiger charge is 2.22. The number of carbonyl (C=O) groups excluding carboxylic acids is 1. The van der Waals surface area contributed by atoms with Crippen molar-refractivity contribution in [2.45, 2.75) is 19.3 Å². The zero-order valence-corrected chi connectivity index (χ0v) is 9.24. The molecule has 1 aromatic rings. The topological polar surface area (TPSA) is 67.0 Å². The molecule has 1 atom stereocenters. The van der Waals surface area contributed by atoms with Crippen LogP contribution < -0.4 is 5.32 Å². The number of aryl methyl sites for hydroxylation is 1. The van der Waals surface area contributed by atoms with E-state index in [1.807, 2.05) is 6.20 Å². The molecule has 2 N–H and O–H groups in total. The lowest BCUT2D eigenvalue weighted by Gasteiger charge is -2.08. The first kappa shape index (κ1) is 11.1. The zero-order valence-electron chi connectivity index (χ0n) is 9.24. The lowest BCUT2D eigenvalue weighted by atomic mass is 10.1. The SMILES string of the molecule is O=C(NCCCc1ncc[nH]1)C1CCOC1. The van der Waals surface area contributed by atoms with Gasteiger partial charge in [-0.2, -0.15) is 0 Å². The molecular formula is C11H17N3O2. The normalized spacial score (nSPS) is 19.9. The number of nitrogens with zero attached hydrogens (tertiary/aromatic N) is 1. The van der Waals surface area contributed by atoms with Crippen molar-refractivity contribution in [3.05, 3.63) is 18.2 Å². The van der Waals surface area contributed by atoms with Crippen molar-refractivity contribution in [2.75, 3.05) is 19.8 Å². The maximum atomic E-state index is 11.6. The fourth-order valence-corrected chi connectivity index (χ4v) is 1.79. The molecule has 1 aliphatic heterocycles. The van der Waals surface area contributed by atoms with Crippen LogP contribution in [0.1, 0.15) is 18.7 Å². The number of hydrogen-bond donors (Lipinski definition) is 2. The molecule has 0 radical (unpaired) electrons. The van der Waals surface area contributed by atoms with E-state index in [1.54, 1.807) is 6.20 Å². The van der Waals surface area contributed by atoms with Crippen LogP contribution in [-0.4, -0.2) is 35.6 Å². The minimum Gasteiger partial charge on any atom is -0.381 e. The van der Waals surface area contributed by atoms with Crippen LogP contribution in [0.25, 0.3) is 0 Å². The Morgan fingerprint density at radius 2 is 2.62 bits per heavy atom. The fraction of sp³-hybridized carbons (Fsp3) is 0.636. The Hall–Kier alpha value is -1.36. The van der Waals surface area contributed by atoms with Crippen LogP contribution in [-0.2, 0) is 16.0 Å². The number of hydrogen-bond acceptors (Lipinski definition) is 3. The molecule has 5 heteroatoms. The van der Waals surface area contributed by atoms with Crippen LogP contribution in [0.5, 0.6) is 0 Å². The summed E-state index contributed by atoms with van der Waals surface area (Å²) < 4.78 is 5.17. The fourth-order valence-electron chi connectivity index (χ4n) is 1.79. The van der Waals surface area contributed by atoms with Gasteiger partial charge in [0.05, 0.1) is 12.5 Å². The second-order valence-corrected chi connectivity index (χ2v) is 3.99. The lowest BCUT2D eigenvalue weighted by molar-refractivity contribution is -0.124. The Balaban J connectivity index is 1.59. The number of aromatic amines is 1.